The molecule has 2 aromatic carbocycles. The van der Waals surface area contributed by atoms with E-state index < -0.39 is 0 Å². The van der Waals surface area contributed by atoms with E-state index in [1.54, 1.807) is 12.1 Å². The molecule has 138 valence electrons. The number of benzene rings is 2. The van der Waals surface area contributed by atoms with Gasteiger partial charge in [0.05, 0.1) is 34.2 Å². The largest absolute Gasteiger partial charge is 0.330 e. The minimum absolute atomic E-state index is 0.370. The predicted octanol–water partition coefficient (Wildman–Crippen LogP) is 3.79. The number of imidazole rings is 1. The fourth-order valence-electron chi connectivity index (χ4n) is 3.92. The van der Waals surface area contributed by atoms with Crippen LogP contribution in [0.3, 0.4) is 0 Å². The van der Waals surface area contributed by atoms with E-state index in [1.807, 2.05) is 36.7 Å². The number of nitrogens with one attached hydrogen (secondary N) is 1. The molecule has 0 saturated heterocycles. The monoisotopic (exact) mass is 370 g/mol. The molecule has 0 spiro atoms. The summed E-state index contributed by atoms with van der Waals surface area (Å²) >= 11 is 0. The second kappa shape index (κ2) is 5.99. The Kier molecular flexibility index (Phi) is 3.55. The van der Waals surface area contributed by atoms with Crippen molar-refractivity contribution in [2.45, 2.75) is 20.4 Å². The van der Waals surface area contributed by atoms with Crippen LogP contribution in [0.4, 0.5) is 0 Å². The molecule has 6 heteroatoms. The lowest BCUT2D eigenvalue weighted by Gasteiger charge is -2.12. The van der Waals surface area contributed by atoms with Gasteiger partial charge in [-0.25, -0.2) is 9.97 Å². The standard InChI is InChI=1S/C22H18N4O2/c1-12(2)10-26-11-23-19-18(24-16-9-4-3-6-13(16)20(19)26)14-7-5-8-15-17(14)22(28)25-21(15)27/h3-9,11-12H,10H2,1-2H3,(H,25,27,28). The number of aromatic nitrogens is 3. The van der Waals surface area contributed by atoms with E-state index in [1.165, 1.54) is 0 Å². The number of para-hydroxylation sites is 1. The van der Waals surface area contributed by atoms with Gasteiger partial charge in [0.25, 0.3) is 11.8 Å². The molecule has 0 atom stereocenters. The zero-order valence-electron chi connectivity index (χ0n) is 15.6. The van der Waals surface area contributed by atoms with Gasteiger partial charge in [0.1, 0.15) is 5.52 Å². The summed E-state index contributed by atoms with van der Waals surface area (Å²) in [5, 5.41) is 3.40. The van der Waals surface area contributed by atoms with Crippen LogP contribution in [0, 0.1) is 5.92 Å². The lowest BCUT2D eigenvalue weighted by atomic mass is 9.98. The summed E-state index contributed by atoms with van der Waals surface area (Å²) in [6.07, 6.45) is 1.83. The molecular formula is C22H18N4O2. The first kappa shape index (κ1) is 16.6. The summed E-state index contributed by atoms with van der Waals surface area (Å²) in [5.74, 6) is -0.304. The van der Waals surface area contributed by atoms with Crippen LogP contribution in [0.25, 0.3) is 33.2 Å². The maximum absolute atomic E-state index is 12.4. The highest BCUT2D eigenvalue weighted by atomic mass is 16.2. The lowest BCUT2D eigenvalue weighted by molar-refractivity contribution is 0.0880. The Hall–Kier alpha value is -3.54. The number of rotatable bonds is 3. The van der Waals surface area contributed by atoms with Crippen molar-refractivity contribution in [3.63, 3.8) is 0 Å². The lowest BCUT2D eigenvalue weighted by Crippen LogP contribution is -2.20. The van der Waals surface area contributed by atoms with Crippen molar-refractivity contribution in [1.82, 2.24) is 19.9 Å². The van der Waals surface area contributed by atoms with Gasteiger partial charge in [0, 0.05) is 17.5 Å². The fourth-order valence-corrected chi connectivity index (χ4v) is 3.92. The molecule has 2 amide bonds. The second-order valence-corrected chi connectivity index (χ2v) is 7.48. The number of fused-ring (bicyclic) bond motifs is 4. The van der Waals surface area contributed by atoms with Crippen molar-refractivity contribution >= 4 is 33.8 Å². The van der Waals surface area contributed by atoms with Crippen LogP contribution in [0.5, 0.6) is 0 Å². The topological polar surface area (TPSA) is 76.9 Å². The molecular weight excluding hydrogens is 352 g/mol. The molecule has 0 saturated carbocycles. The number of carbonyl (C=O) groups is 2. The molecule has 4 aromatic rings. The smallest absolute Gasteiger partial charge is 0.259 e. The van der Waals surface area contributed by atoms with Crippen LogP contribution in [0.15, 0.2) is 48.8 Å². The molecule has 0 aliphatic carbocycles. The Morgan fingerprint density at radius 3 is 2.61 bits per heavy atom. The minimum Gasteiger partial charge on any atom is -0.330 e. The third-order valence-corrected chi connectivity index (χ3v) is 5.03. The third-order valence-electron chi connectivity index (χ3n) is 5.03. The molecule has 5 rings (SSSR count). The number of hydrogen-bond acceptors (Lipinski definition) is 4. The van der Waals surface area contributed by atoms with Gasteiger partial charge in [0.2, 0.25) is 0 Å². The van der Waals surface area contributed by atoms with Crippen molar-refractivity contribution < 1.29 is 9.59 Å². The zero-order valence-corrected chi connectivity index (χ0v) is 15.6. The molecule has 1 aliphatic rings. The summed E-state index contributed by atoms with van der Waals surface area (Å²) in [7, 11) is 0. The van der Waals surface area contributed by atoms with E-state index >= 15 is 0 Å². The van der Waals surface area contributed by atoms with Gasteiger partial charge in [-0.1, -0.05) is 44.2 Å². The Balaban J connectivity index is 1.88. The number of hydrogen-bond donors (Lipinski definition) is 1. The quantitative estimate of drug-likeness (QED) is 0.557. The Labute approximate surface area is 161 Å². The first-order chi connectivity index (χ1) is 13.5. The highest BCUT2D eigenvalue weighted by Crippen LogP contribution is 2.35. The van der Waals surface area contributed by atoms with E-state index in [-0.39, 0.29) is 11.8 Å². The van der Waals surface area contributed by atoms with E-state index in [4.69, 9.17) is 4.98 Å². The van der Waals surface area contributed by atoms with Gasteiger partial charge < -0.3 is 4.57 Å². The van der Waals surface area contributed by atoms with Gasteiger partial charge in [0.15, 0.2) is 0 Å². The van der Waals surface area contributed by atoms with E-state index in [0.717, 1.165) is 28.5 Å². The Morgan fingerprint density at radius 2 is 1.79 bits per heavy atom. The van der Waals surface area contributed by atoms with Crippen LogP contribution in [0.1, 0.15) is 34.6 Å². The van der Waals surface area contributed by atoms with Gasteiger partial charge in [-0.15, -0.1) is 0 Å². The van der Waals surface area contributed by atoms with Gasteiger partial charge >= 0.3 is 0 Å². The molecule has 0 bridgehead atoms. The van der Waals surface area contributed by atoms with Crippen molar-refractivity contribution in [3.8, 4) is 11.3 Å². The molecule has 0 fully saturated rings. The number of pyridine rings is 1. The summed E-state index contributed by atoms with van der Waals surface area (Å²) in [5.41, 5.74) is 4.57. The molecule has 28 heavy (non-hydrogen) atoms. The van der Waals surface area contributed by atoms with Crippen molar-refractivity contribution in [3.05, 3.63) is 59.9 Å². The summed E-state index contributed by atoms with van der Waals surface area (Å²) in [6.45, 7) is 5.15. The maximum atomic E-state index is 12.4. The van der Waals surface area contributed by atoms with Crippen LogP contribution in [-0.2, 0) is 6.54 Å². The normalized spacial score (nSPS) is 13.5. The van der Waals surface area contributed by atoms with E-state index in [9.17, 15) is 9.59 Å². The molecule has 1 N–H and O–H groups in total. The summed E-state index contributed by atoms with van der Waals surface area (Å²) in [4.78, 5) is 34.0. The fraction of sp³-hybridized carbons (Fsp3) is 0.182. The second-order valence-electron chi connectivity index (χ2n) is 7.48. The average molecular weight is 370 g/mol. The third kappa shape index (κ3) is 2.34. The average Bonchev–Trinajstić information content (AvgIpc) is 3.22. The molecule has 1 aliphatic heterocycles. The molecule has 6 nitrogen and oxygen atoms in total. The molecule has 0 unspecified atom stereocenters. The first-order valence-electron chi connectivity index (χ1n) is 9.27. The zero-order chi connectivity index (χ0) is 19.4. The number of imide groups is 1. The predicted molar refractivity (Wildman–Crippen MR) is 107 cm³/mol. The highest BCUT2D eigenvalue weighted by Gasteiger charge is 2.31. The highest BCUT2D eigenvalue weighted by molar-refractivity contribution is 6.24. The van der Waals surface area contributed by atoms with Gasteiger partial charge in [-0.05, 0) is 18.1 Å². The number of nitrogens with zero attached hydrogens (tertiary/aromatic N) is 3. The van der Waals surface area contributed by atoms with E-state index in [0.29, 0.717) is 28.3 Å². The number of carbonyl (C=O) groups excluding carboxylic acids is 2. The number of amides is 2. The van der Waals surface area contributed by atoms with Crippen molar-refractivity contribution in [1.29, 1.82) is 0 Å². The molecule has 0 radical (unpaired) electrons. The molecule has 2 aromatic heterocycles. The minimum atomic E-state index is -0.389. The van der Waals surface area contributed by atoms with Crippen LogP contribution in [-0.4, -0.2) is 26.3 Å². The Bertz CT molecular complexity index is 1290. The van der Waals surface area contributed by atoms with Gasteiger partial charge in [-0.2, -0.15) is 0 Å². The van der Waals surface area contributed by atoms with Crippen LogP contribution in [0.2, 0.25) is 0 Å². The first-order valence-corrected chi connectivity index (χ1v) is 9.27. The maximum Gasteiger partial charge on any atom is 0.259 e. The van der Waals surface area contributed by atoms with Crippen LogP contribution < -0.4 is 5.32 Å². The van der Waals surface area contributed by atoms with Crippen molar-refractivity contribution in [2.75, 3.05) is 0 Å². The van der Waals surface area contributed by atoms with Crippen molar-refractivity contribution in [2.24, 2.45) is 5.92 Å². The SMILES string of the molecule is CC(C)Cn1cnc2c(-c3cccc4c3C(=O)NC4=O)nc3ccccc3c21. The summed E-state index contributed by atoms with van der Waals surface area (Å²) < 4.78 is 2.14. The molecule has 3 heterocycles. The summed E-state index contributed by atoms with van der Waals surface area (Å²) in [6, 6.07) is 13.2. The van der Waals surface area contributed by atoms with Gasteiger partial charge in [-0.3, -0.25) is 14.9 Å². The Morgan fingerprint density at radius 1 is 1.00 bits per heavy atom. The van der Waals surface area contributed by atoms with Crippen LogP contribution >= 0.6 is 0 Å². The van der Waals surface area contributed by atoms with E-state index in [2.05, 4.69) is 28.7 Å².